The van der Waals surface area contributed by atoms with Gasteiger partial charge >= 0.3 is 0 Å². The maximum absolute atomic E-state index is 13.7. The summed E-state index contributed by atoms with van der Waals surface area (Å²) in [5.74, 6) is -0.459. The van der Waals surface area contributed by atoms with E-state index in [-0.39, 0.29) is 17.1 Å². The fraction of sp³-hybridized carbons (Fsp3) is 0.286. The van der Waals surface area contributed by atoms with Crippen molar-refractivity contribution in [2.24, 2.45) is 0 Å². The summed E-state index contributed by atoms with van der Waals surface area (Å²) in [7, 11) is -1.30. The van der Waals surface area contributed by atoms with Crippen molar-refractivity contribution >= 4 is 27.5 Å². The van der Waals surface area contributed by atoms with Gasteiger partial charge in [0.15, 0.2) is 0 Å². The van der Waals surface area contributed by atoms with E-state index in [2.05, 4.69) is 5.32 Å². The number of hydrogen-bond acceptors (Lipinski definition) is 6. The molecule has 0 bridgehead atoms. The second-order valence-electron chi connectivity index (χ2n) is 8.55. The van der Waals surface area contributed by atoms with Crippen LogP contribution in [0.25, 0.3) is 0 Å². The molecule has 9 nitrogen and oxygen atoms in total. The first-order valence-electron chi connectivity index (χ1n) is 12.3. The third-order valence-corrected chi connectivity index (χ3v) is 7.83. The van der Waals surface area contributed by atoms with Gasteiger partial charge in [-0.2, -0.15) is 0 Å². The van der Waals surface area contributed by atoms with E-state index in [9.17, 15) is 22.4 Å². The van der Waals surface area contributed by atoms with Crippen molar-refractivity contribution in [2.45, 2.75) is 31.3 Å². The van der Waals surface area contributed by atoms with Crippen LogP contribution in [0.2, 0.25) is 0 Å². The first-order valence-corrected chi connectivity index (χ1v) is 13.7. The lowest BCUT2D eigenvalue weighted by atomic mass is 10.1. The second-order valence-corrected chi connectivity index (χ2v) is 10.4. The number of benzene rings is 3. The number of likely N-dealkylation sites (N-methyl/N-ethyl adjacent to an activating group) is 1. The Hall–Kier alpha value is -4.12. The lowest BCUT2D eigenvalue weighted by Crippen LogP contribution is -2.50. The number of sulfonamides is 1. The van der Waals surface area contributed by atoms with Crippen LogP contribution in [0, 0.1) is 5.82 Å². The van der Waals surface area contributed by atoms with Crippen molar-refractivity contribution in [3.05, 3.63) is 84.2 Å². The summed E-state index contributed by atoms with van der Waals surface area (Å²) >= 11 is 0. The molecule has 0 spiro atoms. The number of rotatable bonds is 12. The summed E-state index contributed by atoms with van der Waals surface area (Å²) in [5.41, 5.74) is 0.919. The van der Waals surface area contributed by atoms with Crippen LogP contribution in [0.5, 0.6) is 11.5 Å². The van der Waals surface area contributed by atoms with Crippen LogP contribution in [0.1, 0.15) is 19.4 Å². The Labute approximate surface area is 228 Å². The molecule has 0 fully saturated rings. The fourth-order valence-electron chi connectivity index (χ4n) is 3.86. The van der Waals surface area contributed by atoms with Gasteiger partial charge in [-0.05, 0) is 80.1 Å². The summed E-state index contributed by atoms with van der Waals surface area (Å²) in [6.07, 6.45) is 0. The Morgan fingerprint density at radius 2 is 1.54 bits per heavy atom. The minimum Gasteiger partial charge on any atom is -0.497 e. The number of anilines is 1. The van der Waals surface area contributed by atoms with Gasteiger partial charge in [0, 0.05) is 13.6 Å². The van der Waals surface area contributed by atoms with E-state index in [4.69, 9.17) is 9.47 Å². The van der Waals surface area contributed by atoms with Crippen LogP contribution >= 0.6 is 0 Å². The lowest BCUT2D eigenvalue weighted by Gasteiger charge is -2.31. The van der Waals surface area contributed by atoms with Gasteiger partial charge in [0.25, 0.3) is 10.0 Å². The molecule has 0 aliphatic heterocycles. The summed E-state index contributed by atoms with van der Waals surface area (Å²) in [6, 6.07) is 16.7. The Morgan fingerprint density at radius 1 is 0.949 bits per heavy atom. The number of hydrogen-bond donors (Lipinski definition) is 1. The zero-order valence-corrected chi connectivity index (χ0v) is 23.1. The number of ether oxygens (including phenoxy) is 2. The van der Waals surface area contributed by atoms with Crippen molar-refractivity contribution < 1.29 is 31.9 Å². The third-order valence-electron chi connectivity index (χ3n) is 6.04. The van der Waals surface area contributed by atoms with Crippen molar-refractivity contribution in [3.8, 4) is 11.5 Å². The monoisotopic (exact) mass is 557 g/mol. The topological polar surface area (TPSA) is 105 Å². The highest BCUT2D eigenvalue weighted by molar-refractivity contribution is 7.92. The van der Waals surface area contributed by atoms with Crippen molar-refractivity contribution in [1.82, 2.24) is 10.2 Å². The molecular weight excluding hydrogens is 525 g/mol. The Kier molecular flexibility index (Phi) is 9.89. The standard InChI is InChI=1S/C28H32FN3O6S/c1-5-38-25-14-10-23(11-15-25)32(39(35,36)26-16-8-22(29)9-17-26)19-27(33)31(20(2)28(34)30-3)18-21-6-12-24(37-4)13-7-21/h6-17,20H,5,18-19H2,1-4H3,(H,30,34)/t20-/m1/s1. The number of halogens is 1. The van der Waals surface area contributed by atoms with Gasteiger partial charge in [-0.15, -0.1) is 0 Å². The van der Waals surface area contributed by atoms with E-state index in [0.29, 0.717) is 23.7 Å². The third kappa shape index (κ3) is 7.26. The Balaban J connectivity index is 2.01. The minimum atomic E-state index is -4.30. The zero-order chi connectivity index (χ0) is 28.6. The van der Waals surface area contributed by atoms with Gasteiger partial charge in [0.1, 0.15) is 29.9 Å². The van der Waals surface area contributed by atoms with E-state index in [1.807, 2.05) is 6.92 Å². The van der Waals surface area contributed by atoms with E-state index < -0.39 is 40.2 Å². The highest BCUT2D eigenvalue weighted by Gasteiger charge is 2.32. The van der Waals surface area contributed by atoms with Gasteiger partial charge < -0.3 is 19.7 Å². The van der Waals surface area contributed by atoms with Crippen LogP contribution in [-0.2, 0) is 26.2 Å². The van der Waals surface area contributed by atoms with Gasteiger partial charge in [-0.1, -0.05) is 12.1 Å². The highest BCUT2D eigenvalue weighted by Crippen LogP contribution is 2.27. The molecule has 1 atom stereocenters. The number of amides is 2. The summed E-state index contributed by atoms with van der Waals surface area (Å²) in [5, 5.41) is 2.53. The second kappa shape index (κ2) is 13.1. The van der Waals surface area contributed by atoms with E-state index in [1.54, 1.807) is 43.3 Å². The molecule has 0 unspecified atom stereocenters. The van der Waals surface area contributed by atoms with E-state index >= 15 is 0 Å². The molecule has 2 amide bonds. The number of nitrogens with one attached hydrogen (secondary N) is 1. The largest absolute Gasteiger partial charge is 0.497 e. The van der Waals surface area contributed by atoms with E-state index in [1.165, 1.54) is 31.2 Å². The normalized spacial score (nSPS) is 11.8. The molecule has 3 rings (SSSR count). The number of methoxy groups -OCH3 is 1. The average Bonchev–Trinajstić information content (AvgIpc) is 2.94. The summed E-state index contributed by atoms with van der Waals surface area (Å²) in [6.45, 7) is 3.25. The minimum absolute atomic E-state index is 0.0468. The van der Waals surface area contributed by atoms with Crippen LogP contribution in [0.3, 0.4) is 0 Å². The maximum atomic E-state index is 13.7. The molecule has 3 aromatic rings. The zero-order valence-electron chi connectivity index (χ0n) is 22.3. The number of carbonyl (C=O) groups is 2. The molecule has 0 aliphatic carbocycles. The van der Waals surface area contributed by atoms with Gasteiger partial charge in [0.05, 0.1) is 24.3 Å². The highest BCUT2D eigenvalue weighted by atomic mass is 32.2. The molecule has 0 aliphatic rings. The molecule has 39 heavy (non-hydrogen) atoms. The predicted octanol–water partition coefficient (Wildman–Crippen LogP) is 3.59. The van der Waals surface area contributed by atoms with Crippen LogP contribution in [0.4, 0.5) is 10.1 Å². The van der Waals surface area contributed by atoms with Crippen molar-refractivity contribution in [1.29, 1.82) is 0 Å². The van der Waals surface area contributed by atoms with Crippen LogP contribution in [0.15, 0.2) is 77.7 Å². The number of carbonyl (C=O) groups excluding carboxylic acids is 2. The smallest absolute Gasteiger partial charge is 0.264 e. The molecule has 1 N–H and O–H groups in total. The number of nitrogens with zero attached hydrogens (tertiary/aromatic N) is 2. The Morgan fingerprint density at radius 3 is 2.08 bits per heavy atom. The first kappa shape index (κ1) is 29.4. The molecule has 11 heteroatoms. The van der Waals surface area contributed by atoms with Crippen molar-refractivity contribution in [2.75, 3.05) is 31.6 Å². The molecular formula is C28H32FN3O6S. The first-order chi connectivity index (χ1) is 18.6. The maximum Gasteiger partial charge on any atom is 0.264 e. The molecule has 0 aromatic heterocycles. The van der Waals surface area contributed by atoms with Crippen LogP contribution in [-0.4, -0.2) is 58.5 Å². The van der Waals surface area contributed by atoms with Crippen LogP contribution < -0.4 is 19.1 Å². The summed E-state index contributed by atoms with van der Waals surface area (Å²) < 4.78 is 52.6. The molecule has 0 heterocycles. The fourth-order valence-corrected chi connectivity index (χ4v) is 5.27. The van der Waals surface area contributed by atoms with E-state index in [0.717, 1.165) is 28.6 Å². The molecule has 0 saturated carbocycles. The SMILES string of the molecule is CCOc1ccc(N(CC(=O)N(Cc2ccc(OC)cc2)[C@H](C)C(=O)NC)S(=O)(=O)c2ccc(F)cc2)cc1. The van der Waals surface area contributed by atoms with Gasteiger partial charge in [-0.25, -0.2) is 12.8 Å². The quantitative estimate of drug-likeness (QED) is 0.365. The average molecular weight is 558 g/mol. The summed E-state index contributed by atoms with van der Waals surface area (Å²) in [4.78, 5) is 27.4. The predicted molar refractivity (Wildman–Crippen MR) is 146 cm³/mol. The van der Waals surface area contributed by atoms with Gasteiger partial charge in [0.2, 0.25) is 11.8 Å². The molecule has 3 aromatic carbocycles. The molecule has 0 radical (unpaired) electrons. The molecule has 208 valence electrons. The Bertz CT molecular complexity index is 1360. The lowest BCUT2D eigenvalue weighted by molar-refractivity contribution is -0.139. The van der Waals surface area contributed by atoms with Crippen molar-refractivity contribution in [3.63, 3.8) is 0 Å². The molecule has 0 saturated heterocycles. The van der Waals surface area contributed by atoms with Gasteiger partial charge in [-0.3, -0.25) is 13.9 Å².